The molecular formula is C23H37N5O. The molecule has 0 radical (unpaired) electrons. The minimum absolute atomic E-state index is 0.888. The van der Waals surface area contributed by atoms with Gasteiger partial charge in [0, 0.05) is 59.4 Å². The predicted molar refractivity (Wildman–Crippen MR) is 121 cm³/mol. The van der Waals surface area contributed by atoms with Crippen LogP contribution in [0.5, 0.6) is 0 Å². The first-order valence-electron chi connectivity index (χ1n) is 11.0. The van der Waals surface area contributed by atoms with Crippen LogP contribution in [0.25, 0.3) is 6.08 Å². The van der Waals surface area contributed by atoms with Crippen LogP contribution in [0.2, 0.25) is 0 Å². The molecule has 0 atom stereocenters. The molecule has 0 spiro atoms. The fraction of sp³-hybridized carbons (Fsp3) is 0.609. The monoisotopic (exact) mass is 399 g/mol. The fourth-order valence-corrected chi connectivity index (χ4v) is 3.86. The van der Waals surface area contributed by atoms with Crippen LogP contribution >= 0.6 is 0 Å². The second kappa shape index (κ2) is 12.6. The largest absolute Gasteiger partial charge is 0.379 e. The Morgan fingerprint density at radius 3 is 2.48 bits per heavy atom. The van der Waals surface area contributed by atoms with E-state index in [1.54, 1.807) is 0 Å². The minimum Gasteiger partial charge on any atom is -0.379 e. The Bertz CT molecular complexity index is 619. The van der Waals surface area contributed by atoms with Crippen LogP contribution in [0.15, 0.2) is 41.4 Å². The maximum absolute atomic E-state index is 5.41. The fourth-order valence-electron chi connectivity index (χ4n) is 3.86. The van der Waals surface area contributed by atoms with Crippen LogP contribution in [0.4, 0.5) is 0 Å². The molecule has 1 aromatic carbocycles. The molecule has 2 aliphatic rings. The van der Waals surface area contributed by atoms with Crippen molar-refractivity contribution in [3.05, 3.63) is 42.0 Å². The summed E-state index contributed by atoms with van der Waals surface area (Å²) in [5.41, 5.74) is 1.27. The molecule has 2 heterocycles. The number of guanidine groups is 1. The lowest BCUT2D eigenvalue weighted by Gasteiger charge is -2.36. The van der Waals surface area contributed by atoms with E-state index in [0.717, 1.165) is 71.5 Å². The topological polar surface area (TPSA) is 43.3 Å². The lowest BCUT2D eigenvalue weighted by Crippen LogP contribution is -2.52. The molecule has 1 aromatic rings. The third kappa shape index (κ3) is 7.80. The maximum Gasteiger partial charge on any atom is 0.193 e. The van der Waals surface area contributed by atoms with Crippen LogP contribution in [-0.2, 0) is 4.74 Å². The zero-order valence-electron chi connectivity index (χ0n) is 17.9. The minimum atomic E-state index is 0.888. The van der Waals surface area contributed by atoms with Crippen molar-refractivity contribution in [3.8, 4) is 0 Å². The van der Waals surface area contributed by atoms with Gasteiger partial charge in [-0.05, 0) is 24.9 Å². The summed E-state index contributed by atoms with van der Waals surface area (Å²) in [6, 6.07) is 10.5. The molecular weight excluding hydrogens is 362 g/mol. The van der Waals surface area contributed by atoms with Crippen molar-refractivity contribution in [2.75, 3.05) is 79.2 Å². The van der Waals surface area contributed by atoms with Gasteiger partial charge < -0.3 is 15.0 Å². The SMILES string of the molecule is CN=C(NCCCCN1CCOCC1)N1CCN(CC=Cc2ccccc2)CC1. The molecule has 2 aliphatic heterocycles. The van der Waals surface area contributed by atoms with Crippen LogP contribution in [0.3, 0.4) is 0 Å². The molecule has 29 heavy (non-hydrogen) atoms. The summed E-state index contributed by atoms with van der Waals surface area (Å²) < 4.78 is 5.41. The van der Waals surface area contributed by atoms with Crippen molar-refractivity contribution in [3.63, 3.8) is 0 Å². The average molecular weight is 400 g/mol. The zero-order valence-corrected chi connectivity index (χ0v) is 17.9. The summed E-state index contributed by atoms with van der Waals surface area (Å²) in [7, 11) is 1.89. The van der Waals surface area contributed by atoms with Crippen molar-refractivity contribution in [2.45, 2.75) is 12.8 Å². The quantitative estimate of drug-likeness (QED) is 0.412. The van der Waals surface area contributed by atoms with Gasteiger partial charge in [0.1, 0.15) is 0 Å². The molecule has 0 amide bonds. The van der Waals surface area contributed by atoms with E-state index in [1.807, 2.05) is 7.05 Å². The van der Waals surface area contributed by atoms with Crippen molar-refractivity contribution in [2.24, 2.45) is 4.99 Å². The molecule has 0 unspecified atom stereocenters. The van der Waals surface area contributed by atoms with E-state index >= 15 is 0 Å². The van der Waals surface area contributed by atoms with Gasteiger partial charge in [-0.15, -0.1) is 0 Å². The maximum atomic E-state index is 5.41. The number of nitrogens with one attached hydrogen (secondary N) is 1. The Labute approximate surface area is 176 Å². The molecule has 2 fully saturated rings. The summed E-state index contributed by atoms with van der Waals surface area (Å²) in [5.74, 6) is 1.05. The van der Waals surface area contributed by atoms with Gasteiger partial charge in [0.2, 0.25) is 0 Å². The highest BCUT2D eigenvalue weighted by atomic mass is 16.5. The van der Waals surface area contributed by atoms with Crippen LogP contribution in [-0.4, -0.2) is 99.8 Å². The van der Waals surface area contributed by atoms with Crippen molar-refractivity contribution < 1.29 is 4.74 Å². The van der Waals surface area contributed by atoms with Gasteiger partial charge in [-0.2, -0.15) is 0 Å². The highest BCUT2D eigenvalue weighted by Crippen LogP contribution is 2.05. The third-order valence-electron chi connectivity index (χ3n) is 5.65. The van der Waals surface area contributed by atoms with Gasteiger partial charge >= 0.3 is 0 Å². The van der Waals surface area contributed by atoms with Crippen molar-refractivity contribution in [1.29, 1.82) is 0 Å². The molecule has 160 valence electrons. The zero-order chi connectivity index (χ0) is 20.2. The first-order chi connectivity index (χ1) is 14.3. The Kier molecular flexibility index (Phi) is 9.50. The highest BCUT2D eigenvalue weighted by molar-refractivity contribution is 5.79. The Morgan fingerprint density at radius 2 is 1.76 bits per heavy atom. The van der Waals surface area contributed by atoms with E-state index in [4.69, 9.17) is 4.74 Å². The number of unbranched alkanes of at least 4 members (excludes halogenated alkanes) is 1. The van der Waals surface area contributed by atoms with E-state index in [2.05, 4.69) is 67.5 Å². The molecule has 2 saturated heterocycles. The predicted octanol–water partition coefficient (Wildman–Crippen LogP) is 2.01. The number of hydrogen-bond acceptors (Lipinski definition) is 4. The number of benzene rings is 1. The van der Waals surface area contributed by atoms with Gasteiger partial charge in [0.15, 0.2) is 5.96 Å². The van der Waals surface area contributed by atoms with E-state index in [1.165, 1.54) is 24.9 Å². The lowest BCUT2D eigenvalue weighted by molar-refractivity contribution is 0.0372. The van der Waals surface area contributed by atoms with Crippen LogP contribution in [0, 0.1) is 0 Å². The van der Waals surface area contributed by atoms with Crippen molar-refractivity contribution in [1.82, 2.24) is 20.0 Å². The van der Waals surface area contributed by atoms with Crippen molar-refractivity contribution >= 4 is 12.0 Å². The summed E-state index contributed by atoms with van der Waals surface area (Å²) in [6.45, 7) is 11.4. The summed E-state index contributed by atoms with van der Waals surface area (Å²) in [4.78, 5) is 11.9. The Hall–Kier alpha value is -1.89. The second-order valence-corrected chi connectivity index (χ2v) is 7.74. The van der Waals surface area contributed by atoms with Gasteiger partial charge in [0.05, 0.1) is 13.2 Å². The van der Waals surface area contributed by atoms with Gasteiger partial charge in [-0.25, -0.2) is 0 Å². The normalized spacial score (nSPS) is 19.8. The number of aliphatic imine (C=N–C) groups is 1. The van der Waals surface area contributed by atoms with Crippen LogP contribution < -0.4 is 5.32 Å². The van der Waals surface area contributed by atoms with E-state index in [-0.39, 0.29) is 0 Å². The van der Waals surface area contributed by atoms with E-state index in [0.29, 0.717) is 0 Å². The number of nitrogens with zero attached hydrogens (tertiary/aromatic N) is 4. The summed E-state index contributed by atoms with van der Waals surface area (Å²) >= 11 is 0. The summed E-state index contributed by atoms with van der Waals surface area (Å²) in [5, 5.41) is 3.56. The third-order valence-corrected chi connectivity index (χ3v) is 5.65. The molecule has 3 rings (SSSR count). The van der Waals surface area contributed by atoms with E-state index in [9.17, 15) is 0 Å². The molecule has 0 saturated carbocycles. The molecule has 0 bridgehead atoms. The van der Waals surface area contributed by atoms with E-state index < -0.39 is 0 Å². The number of hydrogen-bond donors (Lipinski definition) is 1. The lowest BCUT2D eigenvalue weighted by atomic mass is 10.2. The standard InChI is InChI=1S/C23H37N5O/c1-24-23(25-11-5-6-12-27-18-20-29-21-19-27)28-16-14-26(15-17-28)13-7-10-22-8-3-2-4-9-22/h2-4,7-10H,5-6,11-21H2,1H3,(H,24,25). The first kappa shape index (κ1) is 21.8. The van der Waals surface area contributed by atoms with Gasteiger partial charge in [-0.3, -0.25) is 14.8 Å². The Balaban J connectivity index is 1.28. The molecule has 0 aromatic heterocycles. The Morgan fingerprint density at radius 1 is 1.00 bits per heavy atom. The molecule has 0 aliphatic carbocycles. The number of ether oxygens (including phenoxy) is 1. The number of rotatable bonds is 8. The molecule has 1 N–H and O–H groups in total. The average Bonchev–Trinajstić information content (AvgIpc) is 2.78. The molecule has 6 heteroatoms. The molecule has 6 nitrogen and oxygen atoms in total. The van der Waals surface area contributed by atoms with Gasteiger partial charge in [0.25, 0.3) is 0 Å². The second-order valence-electron chi connectivity index (χ2n) is 7.74. The number of piperazine rings is 1. The smallest absolute Gasteiger partial charge is 0.193 e. The first-order valence-corrected chi connectivity index (χ1v) is 11.0. The summed E-state index contributed by atoms with van der Waals surface area (Å²) in [6.07, 6.45) is 6.89. The van der Waals surface area contributed by atoms with Gasteiger partial charge in [-0.1, -0.05) is 42.5 Å². The number of morpholine rings is 1. The highest BCUT2D eigenvalue weighted by Gasteiger charge is 2.18. The van der Waals surface area contributed by atoms with Crippen LogP contribution in [0.1, 0.15) is 18.4 Å².